The predicted octanol–water partition coefficient (Wildman–Crippen LogP) is 4.05. The standard InChI is InChI=1S/C23H26ClFN2O3/c1-26(15-17-4-2-3-5-21(17)27-9-12-29-13-10-27)23(28)18-8-11-30-22(18)16-6-7-19(24)20(25)14-16/h2-7,14,18,22H,8-13,15H2,1H3/t18-,22+/m1/s1. The molecule has 2 fully saturated rings. The molecule has 2 aliphatic heterocycles. The Morgan fingerprint density at radius 1 is 1.20 bits per heavy atom. The van der Waals surface area contributed by atoms with Crippen molar-refractivity contribution in [2.24, 2.45) is 5.92 Å². The number of nitrogens with zero attached hydrogens (tertiary/aromatic N) is 2. The highest BCUT2D eigenvalue weighted by Gasteiger charge is 2.37. The molecule has 0 bridgehead atoms. The molecule has 0 unspecified atom stereocenters. The first-order valence-corrected chi connectivity index (χ1v) is 10.6. The molecule has 30 heavy (non-hydrogen) atoms. The third kappa shape index (κ3) is 4.46. The highest BCUT2D eigenvalue weighted by Crippen LogP contribution is 2.37. The van der Waals surface area contributed by atoms with Crippen LogP contribution >= 0.6 is 11.6 Å². The van der Waals surface area contributed by atoms with Crippen LogP contribution in [0.3, 0.4) is 0 Å². The number of halogens is 2. The number of hydrogen-bond acceptors (Lipinski definition) is 4. The molecular weight excluding hydrogens is 407 g/mol. The first-order chi connectivity index (χ1) is 14.5. The quantitative estimate of drug-likeness (QED) is 0.714. The van der Waals surface area contributed by atoms with Gasteiger partial charge in [-0.3, -0.25) is 4.79 Å². The second-order valence-corrected chi connectivity index (χ2v) is 8.19. The predicted molar refractivity (Wildman–Crippen MR) is 114 cm³/mol. The number of anilines is 1. The molecule has 2 aromatic rings. The summed E-state index contributed by atoms with van der Waals surface area (Å²) in [6, 6.07) is 12.8. The van der Waals surface area contributed by atoms with Crippen LogP contribution < -0.4 is 4.90 Å². The summed E-state index contributed by atoms with van der Waals surface area (Å²) in [5.41, 5.74) is 2.89. The van der Waals surface area contributed by atoms with E-state index in [1.807, 2.05) is 19.2 Å². The molecule has 0 N–H and O–H groups in total. The molecule has 5 nitrogen and oxygen atoms in total. The summed E-state index contributed by atoms with van der Waals surface area (Å²) in [4.78, 5) is 17.3. The summed E-state index contributed by atoms with van der Waals surface area (Å²) >= 11 is 5.80. The number of rotatable bonds is 5. The molecule has 0 spiro atoms. The zero-order valence-electron chi connectivity index (χ0n) is 17.0. The highest BCUT2D eigenvalue weighted by molar-refractivity contribution is 6.30. The maximum atomic E-state index is 13.9. The van der Waals surface area contributed by atoms with E-state index in [2.05, 4.69) is 17.0 Å². The van der Waals surface area contributed by atoms with E-state index >= 15 is 0 Å². The van der Waals surface area contributed by atoms with E-state index in [4.69, 9.17) is 21.1 Å². The molecule has 0 radical (unpaired) electrons. The Morgan fingerprint density at radius 3 is 2.73 bits per heavy atom. The smallest absolute Gasteiger partial charge is 0.228 e. The third-order valence-electron chi connectivity index (χ3n) is 5.81. The van der Waals surface area contributed by atoms with Crippen molar-refractivity contribution >= 4 is 23.2 Å². The molecule has 0 aromatic heterocycles. The molecule has 160 valence electrons. The number of benzene rings is 2. The molecule has 1 amide bonds. The second kappa shape index (κ2) is 9.33. The van der Waals surface area contributed by atoms with Crippen molar-refractivity contribution in [1.29, 1.82) is 0 Å². The normalized spacial score (nSPS) is 21.6. The SMILES string of the molecule is CN(Cc1ccccc1N1CCOCC1)C(=O)[C@@H]1CCO[C@H]1c1ccc(Cl)c(F)c1. The van der Waals surface area contributed by atoms with E-state index in [9.17, 15) is 9.18 Å². The molecule has 2 atom stereocenters. The fraction of sp³-hybridized carbons (Fsp3) is 0.435. The molecule has 2 aliphatic rings. The van der Waals surface area contributed by atoms with Crippen molar-refractivity contribution in [1.82, 2.24) is 4.90 Å². The van der Waals surface area contributed by atoms with Crippen LogP contribution in [0.5, 0.6) is 0 Å². The minimum absolute atomic E-state index is 0.00430. The Labute approximate surface area is 181 Å². The lowest BCUT2D eigenvalue weighted by Gasteiger charge is -2.32. The van der Waals surface area contributed by atoms with E-state index in [0.717, 1.165) is 24.3 Å². The number of ether oxygens (including phenoxy) is 2. The average Bonchev–Trinajstić information content (AvgIpc) is 3.26. The van der Waals surface area contributed by atoms with Crippen molar-refractivity contribution in [2.45, 2.75) is 19.1 Å². The first kappa shape index (κ1) is 21.1. The van der Waals surface area contributed by atoms with Crippen LogP contribution in [0.2, 0.25) is 5.02 Å². The lowest BCUT2D eigenvalue weighted by atomic mass is 9.93. The molecule has 0 aliphatic carbocycles. The number of amides is 1. The van der Waals surface area contributed by atoms with E-state index in [1.165, 1.54) is 12.1 Å². The largest absolute Gasteiger partial charge is 0.378 e. The number of carbonyl (C=O) groups excluding carboxylic acids is 1. The van der Waals surface area contributed by atoms with Crippen LogP contribution in [-0.2, 0) is 20.8 Å². The Morgan fingerprint density at radius 2 is 1.97 bits per heavy atom. The monoisotopic (exact) mass is 432 g/mol. The molecule has 2 aromatic carbocycles. The van der Waals surface area contributed by atoms with E-state index < -0.39 is 11.9 Å². The number of morpholine rings is 1. The summed E-state index contributed by atoms with van der Waals surface area (Å²) in [7, 11) is 1.82. The van der Waals surface area contributed by atoms with Gasteiger partial charge in [-0.2, -0.15) is 0 Å². The summed E-state index contributed by atoms with van der Waals surface area (Å²) < 4.78 is 25.2. The Balaban J connectivity index is 1.49. The summed E-state index contributed by atoms with van der Waals surface area (Å²) in [5, 5.41) is 0.0662. The van der Waals surface area contributed by atoms with Crippen molar-refractivity contribution in [3.8, 4) is 0 Å². The van der Waals surface area contributed by atoms with Crippen LogP contribution in [0.1, 0.15) is 23.7 Å². The number of hydrogen-bond donors (Lipinski definition) is 0. The van der Waals surface area contributed by atoms with Crippen LogP contribution in [0, 0.1) is 11.7 Å². The molecular formula is C23H26ClFN2O3. The van der Waals surface area contributed by atoms with Crippen molar-refractivity contribution in [2.75, 3.05) is 44.9 Å². The molecule has 0 saturated carbocycles. The van der Waals surface area contributed by atoms with E-state index in [-0.39, 0.29) is 16.8 Å². The van der Waals surface area contributed by atoms with Gasteiger partial charge in [0, 0.05) is 39.0 Å². The molecule has 2 saturated heterocycles. The van der Waals surface area contributed by atoms with Crippen LogP contribution in [0.15, 0.2) is 42.5 Å². The van der Waals surface area contributed by atoms with Crippen LogP contribution in [0.25, 0.3) is 0 Å². The summed E-state index contributed by atoms with van der Waals surface area (Å²) in [6.45, 7) is 4.09. The van der Waals surface area contributed by atoms with Crippen molar-refractivity contribution in [3.05, 3.63) is 64.4 Å². The zero-order chi connectivity index (χ0) is 21.1. The van der Waals surface area contributed by atoms with Gasteiger partial charge in [0.2, 0.25) is 5.91 Å². The maximum absolute atomic E-state index is 13.9. The minimum Gasteiger partial charge on any atom is -0.378 e. The number of carbonyl (C=O) groups is 1. The van der Waals surface area contributed by atoms with Gasteiger partial charge in [-0.05, 0) is 35.7 Å². The maximum Gasteiger partial charge on any atom is 0.228 e. The fourth-order valence-electron chi connectivity index (χ4n) is 4.23. The van der Waals surface area contributed by atoms with Gasteiger partial charge in [-0.15, -0.1) is 0 Å². The van der Waals surface area contributed by atoms with Gasteiger partial charge in [0.15, 0.2) is 0 Å². The lowest BCUT2D eigenvalue weighted by molar-refractivity contribution is -0.136. The van der Waals surface area contributed by atoms with Crippen molar-refractivity contribution in [3.63, 3.8) is 0 Å². The van der Waals surface area contributed by atoms with Gasteiger partial charge >= 0.3 is 0 Å². The molecule has 4 rings (SSSR count). The van der Waals surface area contributed by atoms with Crippen LogP contribution in [0.4, 0.5) is 10.1 Å². The number of para-hydroxylation sites is 1. The van der Waals surface area contributed by atoms with Gasteiger partial charge in [0.05, 0.1) is 30.3 Å². The highest BCUT2D eigenvalue weighted by atomic mass is 35.5. The van der Waals surface area contributed by atoms with Gasteiger partial charge in [0.1, 0.15) is 5.82 Å². The average molecular weight is 433 g/mol. The third-order valence-corrected chi connectivity index (χ3v) is 6.11. The van der Waals surface area contributed by atoms with E-state index in [1.54, 1.807) is 11.0 Å². The summed E-state index contributed by atoms with van der Waals surface area (Å²) in [6.07, 6.45) is 0.157. The van der Waals surface area contributed by atoms with Crippen molar-refractivity contribution < 1.29 is 18.7 Å². The second-order valence-electron chi connectivity index (χ2n) is 7.78. The summed E-state index contributed by atoms with van der Waals surface area (Å²) in [5.74, 6) is -0.834. The lowest BCUT2D eigenvalue weighted by Crippen LogP contribution is -2.38. The zero-order valence-corrected chi connectivity index (χ0v) is 17.8. The Bertz CT molecular complexity index is 904. The van der Waals surface area contributed by atoms with E-state index in [0.29, 0.717) is 38.3 Å². The Hall–Kier alpha value is -2.15. The van der Waals surface area contributed by atoms with Gasteiger partial charge in [0.25, 0.3) is 0 Å². The molecule has 2 heterocycles. The Kier molecular flexibility index (Phi) is 6.56. The fourth-order valence-corrected chi connectivity index (χ4v) is 4.35. The molecule has 7 heteroatoms. The first-order valence-electron chi connectivity index (χ1n) is 10.3. The minimum atomic E-state index is -0.497. The van der Waals surface area contributed by atoms with Gasteiger partial charge < -0.3 is 19.3 Å². The van der Waals surface area contributed by atoms with Gasteiger partial charge in [-0.25, -0.2) is 4.39 Å². The van der Waals surface area contributed by atoms with Crippen LogP contribution in [-0.4, -0.2) is 50.8 Å². The topological polar surface area (TPSA) is 42.0 Å². The van der Waals surface area contributed by atoms with Gasteiger partial charge in [-0.1, -0.05) is 35.9 Å².